The Bertz CT molecular complexity index is 1200. The van der Waals surface area contributed by atoms with Crippen molar-refractivity contribution in [1.29, 1.82) is 0 Å². The average Bonchev–Trinajstić information content (AvgIpc) is 3.27. The second-order valence-corrected chi connectivity index (χ2v) is 6.73. The number of hydrogen-bond donors (Lipinski definition) is 2. The first-order valence-corrected chi connectivity index (χ1v) is 9.12. The molecule has 2 N–H and O–H groups in total. The fourth-order valence-electron chi connectivity index (χ4n) is 2.82. The summed E-state index contributed by atoms with van der Waals surface area (Å²) >= 11 is 0. The summed E-state index contributed by atoms with van der Waals surface area (Å²) in [5, 5.41) is 17.3. The Morgan fingerprint density at radius 3 is 2.57 bits per heavy atom. The number of alkyl halides is 3. The first-order chi connectivity index (χ1) is 16.7. The van der Waals surface area contributed by atoms with Crippen LogP contribution >= 0.6 is 0 Å². The van der Waals surface area contributed by atoms with Crippen molar-refractivity contribution in [2.24, 2.45) is 0 Å². The van der Waals surface area contributed by atoms with E-state index in [9.17, 15) is 13.2 Å². The van der Waals surface area contributed by atoms with E-state index in [2.05, 4.69) is 35.9 Å². The van der Waals surface area contributed by atoms with Gasteiger partial charge in [0.05, 0.1) is 24.1 Å². The van der Waals surface area contributed by atoms with E-state index < -0.39 is 36.8 Å². The Labute approximate surface area is 179 Å². The van der Waals surface area contributed by atoms with Gasteiger partial charge in [-0.15, -0.1) is 0 Å². The zero-order valence-electron chi connectivity index (χ0n) is 21.8. The van der Waals surface area contributed by atoms with E-state index in [4.69, 9.17) is 8.22 Å². The van der Waals surface area contributed by atoms with Gasteiger partial charge in [0.1, 0.15) is 22.7 Å². The Morgan fingerprint density at radius 1 is 1.23 bits per heavy atom. The molecule has 0 aliphatic heterocycles. The maximum atomic E-state index is 13.3. The predicted octanol–water partition coefficient (Wildman–Crippen LogP) is 3.58. The van der Waals surface area contributed by atoms with E-state index >= 15 is 0 Å². The van der Waals surface area contributed by atoms with Crippen molar-refractivity contribution < 1.29 is 21.4 Å². The zero-order valence-corrected chi connectivity index (χ0v) is 15.8. The van der Waals surface area contributed by atoms with Gasteiger partial charge >= 0.3 is 6.18 Å². The Hall–Kier alpha value is -3.18. The molecule has 30 heavy (non-hydrogen) atoms. The first kappa shape index (κ1) is 13.9. The molecule has 3 aromatic rings. The molecule has 0 amide bonds. The summed E-state index contributed by atoms with van der Waals surface area (Å²) < 4.78 is 90.3. The van der Waals surface area contributed by atoms with Crippen molar-refractivity contribution in [3.8, 4) is 0 Å². The summed E-state index contributed by atoms with van der Waals surface area (Å²) in [7, 11) is 0. The van der Waals surface area contributed by atoms with E-state index in [0.29, 0.717) is 23.8 Å². The van der Waals surface area contributed by atoms with Crippen LogP contribution < -0.4 is 10.6 Å². The van der Waals surface area contributed by atoms with Crippen LogP contribution in [0.1, 0.15) is 59.0 Å². The molecule has 1 aliphatic rings. The fourth-order valence-corrected chi connectivity index (χ4v) is 2.82. The molecule has 12 heteroatoms. The largest absolute Gasteiger partial charge is 0.421 e. The van der Waals surface area contributed by atoms with Crippen molar-refractivity contribution in [3.63, 3.8) is 0 Å². The molecule has 1 fully saturated rings. The quantitative estimate of drug-likeness (QED) is 0.595. The third kappa shape index (κ3) is 3.81. The lowest BCUT2D eigenvalue weighted by atomic mass is 10.0. The lowest BCUT2D eigenvalue weighted by Crippen LogP contribution is -2.30. The number of rotatable bonds is 7. The number of nitrogens with zero attached hydrogens (tertiary/aromatic N) is 7. The van der Waals surface area contributed by atoms with Gasteiger partial charge in [-0.1, -0.05) is 0 Å². The first-order valence-electron chi connectivity index (χ1n) is 12.1. The van der Waals surface area contributed by atoms with Crippen molar-refractivity contribution in [2.75, 3.05) is 17.2 Å². The number of hydrogen-bond acceptors (Lipinski definition) is 7. The highest BCUT2D eigenvalue weighted by Gasteiger charge is 2.36. The summed E-state index contributed by atoms with van der Waals surface area (Å²) in [6.45, 7) is -4.56. The van der Waals surface area contributed by atoms with Gasteiger partial charge in [0.25, 0.3) is 0 Å². The molecular formula is C18H22F3N9. The van der Waals surface area contributed by atoms with Crippen LogP contribution in [0.5, 0.6) is 0 Å². The number of aromatic nitrogens is 7. The standard InChI is InChI=1S/C18H22F3N9/c1-4-22-15-12(18(19,20)21)10-23-16(27-15)26-14-9-13(28-29(14)11-5-6-11)17(2,3)30-24-7-8-25-30/h7-11H,4-6H2,1-3H3,(H2,22,23,26,27)/i2D3,3D3. The summed E-state index contributed by atoms with van der Waals surface area (Å²) in [5.41, 5.74) is -4.16. The van der Waals surface area contributed by atoms with Crippen LogP contribution in [0, 0.1) is 0 Å². The molecule has 0 radical (unpaired) electrons. The smallest absolute Gasteiger partial charge is 0.370 e. The van der Waals surface area contributed by atoms with E-state index in [0.717, 1.165) is 12.4 Å². The van der Waals surface area contributed by atoms with E-state index in [1.165, 1.54) is 10.7 Å². The third-order valence-corrected chi connectivity index (χ3v) is 4.40. The van der Waals surface area contributed by atoms with Crippen LogP contribution in [0.2, 0.25) is 0 Å². The van der Waals surface area contributed by atoms with Crippen LogP contribution in [-0.4, -0.2) is 41.3 Å². The maximum absolute atomic E-state index is 13.3. The molecule has 0 spiro atoms. The monoisotopic (exact) mass is 427 g/mol. The predicted molar refractivity (Wildman–Crippen MR) is 103 cm³/mol. The minimum absolute atomic E-state index is 0.111. The molecule has 160 valence electrons. The maximum Gasteiger partial charge on any atom is 0.421 e. The van der Waals surface area contributed by atoms with Crippen molar-refractivity contribution >= 4 is 17.6 Å². The highest BCUT2D eigenvalue weighted by Crippen LogP contribution is 2.39. The molecule has 1 saturated carbocycles. The lowest BCUT2D eigenvalue weighted by Gasteiger charge is -2.20. The molecule has 0 atom stereocenters. The van der Waals surface area contributed by atoms with Gasteiger partial charge in [0, 0.05) is 27.0 Å². The van der Waals surface area contributed by atoms with Gasteiger partial charge < -0.3 is 10.6 Å². The highest BCUT2D eigenvalue weighted by atomic mass is 19.4. The van der Waals surface area contributed by atoms with E-state index in [1.54, 1.807) is 6.92 Å². The summed E-state index contributed by atoms with van der Waals surface area (Å²) in [4.78, 5) is 8.27. The molecule has 9 nitrogen and oxygen atoms in total. The van der Waals surface area contributed by atoms with Crippen LogP contribution in [0.15, 0.2) is 24.7 Å². The number of nitrogens with one attached hydrogen (secondary N) is 2. The third-order valence-electron chi connectivity index (χ3n) is 4.40. The minimum atomic E-state index is -4.69. The molecule has 1 aliphatic carbocycles. The van der Waals surface area contributed by atoms with Gasteiger partial charge in [-0.25, -0.2) is 9.67 Å². The summed E-state index contributed by atoms with van der Waals surface area (Å²) in [6.07, 6.45) is -0.394. The van der Waals surface area contributed by atoms with Gasteiger partial charge in [-0.2, -0.15) is 38.2 Å². The summed E-state index contributed by atoms with van der Waals surface area (Å²) in [5.74, 6) is -0.557. The Balaban J connectivity index is 1.84. The van der Waals surface area contributed by atoms with Crippen molar-refractivity contribution in [1.82, 2.24) is 34.7 Å². The van der Waals surface area contributed by atoms with Crippen molar-refractivity contribution in [3.05, 3.63) is 35.9 Å². The van der Waals surface area contributed by atoms with E-state index in [-0.39, 0.29) is 30.0 Å². The van der Waals surface area contributed by atoms with E-state index in [1.807, 2.05) is 0 Å². The molecule has 0 saturated heterocycles. The van der Waals surface area contributed by atoms with Crippen LogP contribution in [0.3, 0.4) is 0 Å². The van der Waals surface area contributed by atoms with Crippen LogP contribution in [-0.2, 0) is 11.7 Å². The molecule has 0 bridgehead atoms. The Kier molecular flexibility index (Phi) is 3.37. The SMILES string of the molecule is [2H]C([2H])([2H])C(c1cc(Nc2ncc(C(F)(F)F)c(NCC)n2)n(C2CC2)n1)(n1nccn1)C([2H])([2H])[2H]. The zero-order chi connectivity index (χ0) is 26.5. The van der Waals surface area contributed by atoms with Crippen molar-refractivity contribution in [2.45, 2.75) is 51.2 Å². The van der Waals surface area contributed by atoms with Gasteiger partial charge in [-0.05, 0) is 33.5 Å². The molecule has 4 rings (SSSR count). The summed E-state index contributed by atoms with van der Waals surface area (Å²) in [6, 6.07) is 1.02. The second-order valence-electron chi connectivity index (χ2n) is 6.73. The average molecular weight is 427 g/mol. The molecular weight excluding hydrogens is 399 g/mol. The topological polar surface area (TPSA) is 98.4 Å². The second kappa shape index (κ2) is 7.26. The highest BCUT2D eigenvalue weighted by molar-refractivity contribution is 5.55. The fraction of sp³-hybridized carbons (Fsp3) is 0.500. The number of halogens is 3. The molecule has 0 aromatic carbocycles. The molecule has 3 heterocycles. The lowest BCUT2D eigenvalue weighted by molar-refractivity contribution is -0.137. The van der Waals surface area contributed by atoms with Crippen LogP contribution in [0.4, 0.5) is 30.8 Å². The minimum Gasteiger partial charge on any atom is -0.370 e. The van der Waals surface area contributed by atoms with Gasteiger partial charge in [-0.3, -0.25) is 0 Å². The van der Waals surface area contributed by atoms with Gasteiger partial charge in [0.2, 0.25) is 5.95 Å². The normalized spacial score (nSPS) is 18.5. The Morgan fingerprint density at radius 2 is 1.97 bits per heavy atom. The van der Waals surface area contributed by atoms with Crippen LogP contribution in [0.25, 0.3) is 0 Å². The number of anilines is 3. The molecule has 0 unspecified atom stereocenters. The van der Waals surface area contributed by atoms with Gasteiger partial charge in [0.15, 0.2) is 0 Å². The molecule has 3 aromatic heterocycles.